The molecule has 0 amide bonds. The van der Waals surface area contributed by atoms with E-state index in [0.717, 1.165) is 0 Å². The molecule has 0 aliphatic heterocycles. The molecule has 0 bridgehead atoms. The van der Waals surface area contributed by atoms with Crippen molar-refractivity contribution in [3.05, 3.63) is 77.9 Å². The van der Waals surface area contributed by atoms with Gasteiger partial charge in [-0.05, 0) is 65.4 Å². The number of halogens is 3. The van der Waals surface area contributed by atoms with E-state index in [9.17, 15) is 31.5 Å². The molecule has 3 aromatic rings. The van der Waals surface area contributed by atoms with Crippen molar-refractivity contribution in [3.63, 3.8) is 0 Å². The second-order valence-corrected chi connectivity index (χ2v) is 10.3. The fourth-order valence-electron chi connectivity index (χ4n) is 3.77. The SMILES string of the molecule is CCCN(c1ccc(-c2ccc(OC(F)(F)F)cc2)cc1)S(=O)(=O)c1ccc(C(C)C)c(C(=O)O)c1. The molecule has 1 N–H and O–H groups in total. The van der Waals surface area contributed by atoms with E-state index in [1.807, 2.05) is 20.8 Å². The fraction of sp³-hybridized carbons (Fsp3) is 0.269. The minimum absolute atomic E-state index is 0.0594. The second-order valence-electron chi connectivity index (χ2n) is 8.41. The molecule has 0 aromatic heterocycles. The van der Waals surface area contributed by atoms with Gasteiger partial charge in [-0.2, -0.15) is 0 Å². The van der Waals surface area contributed by atoms with E-state index < -0.39 is 22.4 Å². The third-order valence-corrected chi connectivity index (χ3v) is 7.29. The van der Waals surface area contributed by atoms with Crippen LogP contribution >= 0.6 is 0 Å². The molecule has 0 aliphatic carbocycles. The molecule has 0 unspecified atom stereocenters. The van der Waals surface area contributed by atoms with E-state index in [1.165, 1.54) is 46.8 Å². The van der Waals surface area contributed by atoms with E-state index in [0.29, 0.717) is 28.8 Å². The topological polar surface area (TPSA) is 83.9 Å². The quantitative estimate of drug-likeness (QED) is 0.340. The first-order valence-corrected chi connectivity index (χ1v) is 12.6. The van der Waals surface area contributed by atoms with Crippen LogP contribution in [0.1, 0.15) is 49.0 Å². The van der Waals surface area contributed by atoms with Crippen molar-refractivity contribution in [2.75, 3.05) is 10.8 Å². The van der Waals surface area contributed by atoms with Crippen molar-refractivity contribution >= 4 is 21.7 Å². The van der Waals surface area contributed by atoms with Gasteiger partial charge in [-0.25, -0.2) is 13.2 Å². The Morgan fingerprint density at radius 2 is 1.53 bits per heavy atom. The number of alkyl halides is 3. The van der Waals surface area contributed by atoms with Crippen LogP contribution in [0.5, 0.6) is 5.75 Å². The molecular weight excluding hydrogens is 495 g/mol. The summed E-state index contributed by atoms with van der Waals surface area (Å²) in [6.07, 6.45) is -4.27. The smallest absolute Gasteiger partial charge is 0.478 e. The molecule has 0 aliphatic rings. The molecule has 0 saturated carbocycles. The summed E-state index contributed by atoms with van der Waals surface area (Å²) >= 11 is 0. The number of hydrogen-bond acceptors (Lipinski definition) is 4. The average molecular weight is 522 g/mol. The summed E-state index contributed by atoms with van der Waals surface area (Å²) < 4.78 is 69.3. The largest absolute Gasteiger partial charge is 0.573 e. The van der Waals surface area contributed by atoms with Gasteiger partial charge in [-0.15, -0.1) is 13.2 Å². The van der Waals surface area contributed by atoms with Crippen LogP contribution in [0.4, 0.5) is 18.9 Å². The Morgan fingerprint density at radius 3 is 2.00 bits per heavy atom. The minimum atomic E-state index is -4.78. The Morgan fingerprint density at radius 1 is 0.972 bits per heavy atom. The highest BCUT2D eigenvalue weighted by molar-refractivity contribution is 7.92. The highest BCUT2D eigenvalue weighted by Crippen LogP contribution is 2.31. The predicted molar refractivity (Wildman–Crippen MR) is 131 cm³/mol. The van der Waals surface area contributed by atoms with Crippen molar-refractivity contribution in [2.45, 2.75) is 44.4 Å². The number of carboxylic acids is 1. The molecule has 192 valence electrons. The Balaban J connectivity index is 1.93. The molecule has 3 rings (SSSR count). The van der Waals surface area contributed by atoms with Crippen molar-refractivity contribution in [2.24, 2.45) is 0 Å². The Hall–Kier alpha value is -3.53. The monoisotopic (exact) mass is 521 g/mol. The van der Waals surface area contributed by atoms with Crippen LogP contribution in [0.15, 0.2) is 71.6 Å². The summed E-state index contributed by atoms with van der Waals surface area (Å²) in [6, 6.07) is 16.0. The fourth-order valence-corrected chi connectivity index (χ4v) is 5.36. The van der Waals surface area contributed by atoms with Crippen molar-refractivity contribution in [3.8, 4) is 16.9 Å². The first-order chi connectivity index (χ1) is 16.8. The molecule has 36 heavy (non-hydrogen) atoms. The number of carboxylic acid groups (broad SMARTS) is 1. The molecular formula is C26H26F3NO5S. The first kappa shape index (κ1) is 27.1. The molecule has 3 aromatic carbocycles. The number of carbonyl (C=O) groups is 1. The molecule has 0 heterocycles. The van der Waals surface area contributed by atoms with Crippen LogP contribution < -0.4 is 9.04 Å². The van der Waals surface area contributed by atoms with Gasteiger partial charge in [0.2, 0.25) is 0 Å². The highest BCUT2D eigenvalue weighted by atomic mass is 32.2. The summed E-state index contributed by atoms with van der Waals surface area (Å²) in [5.74, 6) is -1.64. The second kappa shape index (κ2) is 10.6. The van der Waals surface area contributed by atoms with Crippen molar-refractivity contribution in [1.82, 2.24) is 0 Å². The van der Waals surface area contributed by atoms with E-state index in [4.69, 9.17) is 0 Å². The maximum absolute atomic E-state index is 13.5. The summed E-state index contributed by atoms with van der Waals surface area (Å²) in [6.45, 7) is 5.65. The Bertz CT molecular complexity index is 1320. The number of ether oxygens (including phenoxy) is 1. The van der Waals surface area contributed by atoms with Crippen LogP contribution in [0.2, 0.25) is 0 Å². The molecule has 0 fully saturated rings. The van der Waals surface area contributed by atoms with E-state index in [1.54, 1.807) is 24.3 Å². The zero-order chi connectivity index (χ0) is 26.7. The lowest BCUT2D eigenvalue weighted by Gasteiger charge is -2.25. The maximum Gasteiger partial charge on any atom is 0.573 e. The number of benzene rings is 3. The van der Waals surface area contributed by atoms with E-state index in [-0.39, 0.29) is 28.7 Å². The van der Waals surface area contributed by atoms with Crippen LogP contribution in [-0.2, 0) is 10.0 Å². The summed E-state index contributed by atoms with van der Waals surface area (Å²) in [5.41, 5.74) is 2.15. The van der Waals surface area contributed by atoms with Crippen LogP contribution in [0, 0.1) is 0 Å². The number of rotatable bonds is 9. The molecule has 6 nitrogen and oxygen atoms in total. The lowest BCUT2D eigenvalue weighted by molar-refractivity contribution is -0.274. The minimum Gasteiger partial charge on any atom is -0.478 e. The highest BCUT2D eigenvalue weighted by Gasteiger charge is 2.31. The lowest BCUT2D eigenvalue weighted by atomic mass is 9.97. The Labute approximate surface area is 208 Å². The molecule has 0 spiro atoms. The van der Waals surface area contributed by atoms with Crippen LogP contribution in [-0.4, -0.2) is 32.4 Å². The van der Waals surface area contributed by atoms with E-state index >= 15 is 0 Å². The van der Waals surface area contributed by atoms with Gasteiger partial charge in [0, 0.05) is 6.54 Å². The standard InChI is InChI=1S/C26H26F3NO5S/c1-4-15-30(36(33,34)22-13-14-23(17(2)3)24(16-22)25(31)32)20-9-5-18(6-10-20)19-7-11-21(12-8-19)35-26(27,28)29/h5-14,16-17H,4,15H2,1-3H3,(H,31,32). The molecule has 10 heteroatoms. The number of nitrogens with zero attached hydrogens (tertiary/aromatic N) is 1. The lowest BCUT2D eigenvalue weighted by Crippen LogP contribution is -2.32. The van der Waals surface area contributed by atoms with Gasteiger partial charge in [0.15, 0.2) is 0 Å². The van der Waals surface area contributed by atoms with Crippen LogP contribution in [0.3, 0.4) is 0 Å². The van der Waals surface area contributed by atoms with Gasteiger partial charge in [0.05, 0.1) is 16.1 Å². The van der Waals surface area contributed by atoms with E-state index in [2.05, 4.69) is 4.74 Å². The predicted octanol–water partition coefficient (Wildman–Crippen LogP) is 6.68. The maximum atomic E-state index is 13.5. The van der Waals surface area contributed by atoms with Gasteiger partial charge in [-0.3, -0.25) is 4.31 Å². The number of sulfonamides is 1. The van der Waals surface area contributed by atoms with Gasteiger partial charge in [0.1, 0.15) is 5.75 Å². The summed E-state index contributed by atoms with van der Waals surface area (Å²) in [7, 11) is -4.07. The van der Waals surface area contributed by atoms with Crippen LogP contribution in [0.25, 0.3) is 11.1 Å². The number of hydrogen-bond donors (Lipinski definition) is 1. The summed E-state index contributed by atoms with van der Waals surface area (Å²) in [5, 5.41) is 9.60. The van der Waals surface area contributed by atoms with Gasteiger partial charge in [-0.1, -0.05) is 51.1 Å². The summed E-state index contributed by atoms with van der Waals surface area (Å²) in [4.78, 5) is 11.6. The molecule has 0 radical (unpaired) electrons. The van der Waals surface area contributed by atoms with Gasteiger partial charge < -0.3 is 9.84 Å². The number of anilines is 1. The van der Waals surface area contributed by atoms with Crippen molar-refractivity contribution in [1.29, 1.82) is 0 Å². The van der Waals surface area contributed by atoms with Crippen molar-refractivity contribution < 1.29 is 36.2 Å². The zero-order valence-electron chi connectivity index (χ0n) is 19.9. The first-order valence-electron chi connectivity index (χ1n) is 11.2. The average Bonchev–Trinajstić information content (AvgIpc) is 2.81. The Kier molecular flexibility index (Phi) is 7.98. The third kappa shape index (κ3) is 6.17. The van der Waals surface area contributed by atoms with Gasteiger partial charge in [0.25, 0.3) is 10.0 Å². The third-order valence-electron chi connectivity index (χ3n) is 5.47. The van der Waals surface area contributed by atoms with Gasteiger partial charge >= 0.3 is 12.3 Å². The number of aromatic carboxylic acids is 1. The molecule has 0 saturated heterocycles. The zero-order valence-corrected chi connectivity index (χ0v) is 20.7. The molecule has 0 atom stereocenters. The normalized spacial score (nSPS) is 12.0.